The molecule has 0 radical (unpaired) electrons. The van der Waals surface area contributed by atoms with Crippen molar-refractivity contribution < 1.29 is 9.21 Å². The Morgan fingerprint density at radius 2 is 1.76 bits per heavy atom. The van der Waals surface area contributed by atoms with E-state index in [0.29, 0.717) is 11.7 Å². The zero-order valence-corrected chi connectivity index (χ0v) is 15.8. The van der Waals surface area contributed by atoms with Crippen molar-refractivity contribution >= 4 is 6.29 Å². The van der Waals surface area contributed by atoms with Crippen molar-refractivity contribution in [3.05, 3.63) is 58.0 Å². The van der Waals surface area contributed by atoms with Gasteiger partial charge in [-0.1, -0.05) is 45.9 Å². The highest BCUT2D eigenvalue weighted by atomic mass is 16.3. The second-order valence-corrected chi connectivity index (χ2v) is 9.16. The van der Waals surface area contributed by atoms with E-state index in [1.807, 2.05) is 6.07 Å². The summed E-state index contributed by atoms with van der Waals surface area (Å²) in [5, 5.41) is 0. The first-order valence-electron chi connectivity index (χ1n) is 9.54. The maximum Gasteiger partial charge on any atom is 0.185 e. The Morgan fingerprint density at radius 3 is 2.48 bits per heavy atom. The van der Waals surface area contributed by atoms with Crippen LogP contribution in [-0.2, 0) is 17.3 Å². The number of furan rings is 1. The third-order valence-corrected chi connectivity index (χ3v) is 6.53. The molecule has 25 heavy (non-hydrogen) atoms. The zero-order chi connectivity index (χ0) is 17.8. The highest BCUT2D eigenvalue weighted by molar-refractivity contribution is 5.71. The molecule has 1 atom stereocenters. The molecule has 2 aliphatic carbocycles. The van der Waals surface area contributed by atoms with Gasteiger partial charge < -0.3 is 4.42 Å². The molecule has 1 aromatic heterocycles. The van der Waals surface area contributed by atoms with Gasteiger partial charge in [-0.25, -0.2) is 0 Å². The summed E-state index contributed by atoms with van der Waals surface area (Å²) in [6.07, 6.45) is 6.50. The van der Waals surface area contributed by atoms with Crippen molar-refractivity contribution in [3.63, 3.8) is 0 Å². The van der Waals surface area contributed by atoms with E-state index >= 15 is 0 Å². The Hall–Kier alpha value is -1.83. The largest absolute Gasteiger partial charge is 0.458 e. The van der Waals surface area contributed by atoms with E-state index in [-0.39, 0.29) is 10.8 Å². The molecule has 2 heteroatoms. The Labute approximate surface area is 150 Å². The fourth-order valence-electron chi connectivity index (χ4n) is 4.80. The molecule has 4 rings (SSSR count). The molecule has 0 fully saturated rings. The number of benzene rings is 1. The average molecular weight is 336 g/mol. The summed E-state index contributed by atoms with van der Waals surface area (Å²) < 4.78 is 5.73. The molecule has 132 valence electrons. The van der Waals surface area contributed by atoms with Crippen LogP contribution in [0.3, 0.4) is 0 Å². The Kier molecular flexibility index (Phi) is 3.72. The average Bonchev–Trinajstić information content (AvgIpc) is 3.02. The van der Waals surface area contributed by atoms with E-state index in [2.05, 4.69) is 45.9 Å². The molecule has 0 spiro atoms. The molecule has 0 aliphatic heterocycles. The molecule has 2 nitrogen and oxygen atoms in total. The molecule has 0 saturated carbocycles. The van der Waals surface area contributed by atoms with Gasteiger partial charge in [-0.15, -0.1) is 0 Å². The van der Waals surface area contributed by atoms with Crippen LogP contribution in [0.4, 0.5) is 0 Å². The van der Waals surface area contributed by atoms with Crippen LogP contribution in [0.1, 0.15) is 97.9 Å². The third-order valence-electron chi connectivity index (χ3n) is 6.53. The van der Waals surface area contributed by atoms with Crippen LogP contribution in [-0.4, -0.2) is 6.29 Å². The number of hydrogen-bond acceptors (Lipinski definition) is 2. The first-order chi connectivity index (χ1) is 11.8. The van der Waals surface area contributed by atoms with Crippen LogP contribution in [0.2, 0.25) is 0 Å². The summed E-state index contributed by atoms with van der Waals surface area (Å²) in [6.45, 7) is 9.48. The van der Waals surface area contributed by atoms with Gasteiger partial charge in [-0.05, 0) is 59.3 Å². The number of carbonyl (C=O) groups is 1. The molecular weight excluding hydrogens is 308 g/mol. The molecule has 0 amide bonds. The second-order valence-electron chi connectivity index (χ2n) is 9.16. The van der Waals surface area contributed by atoms with Gasteiger partial charge in [0.05, 0.1) is 0 Å². The number of hydrogen-bond donors (Lipinski definition) is 0. The molecule has 1 heterocycles. The quantitative estimate of drug-likeness (QED) is 0.638. The van der Waals surface area contributed by atoms with Crippen molar-refractivity contribution in [1.29, 1.82) is 0 Å². The highest BCUT2D eigenvalue weighted by Gasteiger charge is 2.37. The minimum atomic E-state index is 0.225. The number of aldehydes is 1. The standard InChI is InChI=1S/C23H28O2/c1-22(2)10-11-23(3,4)20-12-15(8-9-19(20)22)17-6-5-7-21-18(17)13-16(14-24)25-21/h8-9,12-14,17H,5-7,10-11H2,1-4H3. The summed E-state index contributed by atoms with van der Waals surface area (Å²) in [5.41, 5.74) is 6.09. The van der Waals surface area contributed by atoms with Crippen LogP contribution >= 0.6 is 0 Å². The van der Waals surface area contributed by atoms with E-state index in [0.717, 1.165) is 31.3 Å². The number of rotatable bonds is 2. The molecular formula is C23H28O2. The van der Waals surface area contributed by atoms with Gasteiger partial charge in [-0.3, -0.25) is 4.79 Å². The Morgan fingerprint density at radius 1 is 1.04 bits per heavy atom. The lowest BCUT2D eigenvalue weighted by molar-refractivity contribution is 0.109. The smallest absolute Gasteiger partial charge is 0.185 e. The van der Waals surface area contributed by atoms with Crippen LogP contribution in [0, 0.1) is 0 Å². The van der Waals surface area contributed by atoms with Crippen LogP contribution < -0.4 is 0 Å². The Balaban J connectivity index is 1.81. The van der Waals surface area contributed by atoms with E-state index in [1.165, 1.54) is 35.1 Å². The predicted molar refractivity (Wildman–Crippen MR) is 101 cm³/mol. The second kappa shape index (κ2) is 5.59. The van der Waals surface area contributed by atoms with Gasteiger partial charge in [0.2, 0.25) is 0 Å². The summed E-state index contributed by atoms with van der Waals surface area (Å²) in [6, 6.07) is 9.08. The van der Waals surface area contributed by atoms with Crippen molar-refractivity contribution in [1.82, 2.24) is 0 Å². The maximum atomic E-state index is 11.1. The number of carbonyl (C=O) groups excluding carboxylic acids is 1. The number of fused-ring (bicyclic) bond motifs is 2. The minimum Gasteiger partial charge on any atom is -0.458 e. The molecule has 0 N–H and O–H groups in total. The van der Waals surface area contributed by atoms with Gasteiger partial charge in [-0.2, -0.15) is 0 Å². The normalized spacial score (nSPS) is 23.6. The molecule has 2 aliphatic rings. The summed E-state index contributed by atoms with van der Waals surface area (Å²) in [4.78, 5) is 11.1. The number of aryl methyl sites for hydroxylation is 1. The van der Waals surface area contributed by atoms with Crippen LogP contribution in [0.15, 0.2) is 28.7 Å². The predicted octanol–water partition coefficient (Wildman–Crippen LogP) is 5.91. The van der Waals surface area contributed by atoms with Gasteiger partial charge in [0, 0.05) is 17.9 Å². The van der Waals surface area contributed by atoms with Crippen molar-refractivity contribution in [3.8, 4) is 0 Å². The highest BCUT2D eigenvalue weighted by Crippen LogP contribution is 2.47. The molecule has 2 aromatic rings. The fourth-order valence-corrected chi connectivity index (χ4v) is 4.80. The summed E-state index contributed by atoms with van der Waals surface area (Å²) in [5.74, 6) is 1.83. The van der Waals surface area contributed by atoms with E-state index in [4.69, 9.17) is 4.42 Å². The van der Waals surface area contributed by atoms with Crippen molar-refractivity contribution in [2.24, 2.45) is 0 Å². The zero-order valence-electron chi connectivity index (χ0n) is 15.8. The maximum absolute atomic E-state index is 11.1. The van der Waals surface area contributed by atoms with Crippen LogP contribution in [0.5, 0.6) is 0 Å². The lowest BCUT2D eigenvalue weighted by Gasteiger charge is -2.42. The lowest BCUT2D eigenvalue weighted by atomic mass is 9.62. The van der Waals surface area contributed by atoms with Crippen molar-refractivity contribution in [2.75, 3.05) is 0 Å². The first-order valence-corrected chi connectivity index (χ1v) is 9.54. The summed E-state index contributed by atoms with van der Waals surface area (Å²) >= 11 is 0. The van der Waals surface area contributed by atoms with Crippen molar-refractivity contribution in [2.45, 2.75) is 76.5 Å². The molecule has 1 aromatic carbocycles. The van der Waals surface area contributed by atoms with Gasteiger partial charge in [0.15, 0.2) is 12.0 Å². The topological polar surface area (TPSA) is 30.2 Å². The van der Waals surface area contributed by atoms with Gasteiger partial charge >= 0.3 is 0 Å². The molecule has 0 bridgehead atoms. The van der Waals surface area contributed by atoms with Crippen LogP contribution in [0.25, 0.3) is 0 Å². The summed E-state index contributed by atoms with van der Waals surface area (Å²) in [7, 11) is 0. The third kappa shape index (κ3) is 2.67. The molecule has 1 unspecified atom stereocenters. The fraction of sp³-hybridized carbons (Fsp3) is 0.522. The van der Waals surface area contributed by atoms with E-state index < -0.39 is 0 Å². The first kappa shape index (κ1) is 16.6. The lowest BCUT2D eigenvalue weighted by Crippen LogP contribution is -2.34. The minimum absolute atomic E-state index is 0.225. The van der Waals surface area contributed by atoms with E-state index in [1.54, 1.807) is 0 Å². The molecule has 0 saturated heterocycles. The monoisotopic (exact) mass is 336 g/mol. The van der Waals surface area contributed by atoms with Gasteiger partial charge in [0.25, 0.3) is 0 Å². The van der Waals surface area contributed by atoms with Gasteiger partial charge in [0.1, 0.15) is 5.76 Å². The van der Waals surface area contributed by atoms with E-state index in [9.17, 15) is 4.79 Å². The Bertz CT molecular complexity index is 823. The SMILES string of the molecule is CC1(C)CCC(C)(C)c2cc(C3CCCc4oc(C=O)cc43)ccc21.